The fraction of sp³-hybridized carbons (Fsp3) is 0.167. The van der Waals surface area contributed by atoms with Crippen molar-refractivity contribution in [3.63, 3.8) is 0 Å². The summed E-state index contributed by atoms with van der Waals surface area (Å²) < 4.78 is 23.8. The van der Waals surface area contributed by atoms with Gasteiger partial charge in [-0.25, -0.2) is 8.42 Å². The highest BCUT2D eigenvalue weighted by atomic mass is 35.7. The number of hydrogen-bond donors (Lipinski definition) is 2. The van der Waals surface area contributed by atoms with Crippen LogP contribution in [0.3, 0.4) is 0 Å². The SMILES string of the molecule is O=C(NC1c2ccccc2CCC1C(=O)Nc1ccccc1S(=O)(=O)Cl)c1ccccc1. The number of rotatable bonds is 5. The quantitative estimate of drug-likeness (QED) is 0.546. The summed E-state index contributed by atoms with van der Waals surface area (Å²) in [6, 6.07) is 21.9. The van der Waals surface area contributed by atoms with Crippen LogP contribution in [0.5, 0.6) is 0 Å². The average molecular weight is 469 g/mol. The van der Waals surface area contributed by atoms with Gasteiger partial charge in [-0.3, -0.25) is 9.59 Å². The van der Waals surface area contributed by atoms with Gasteiger partial charge in [-0.05, 0) is 48.2 Å². The first-order chi connectivity index (χ1) is 15.3. The molecule has 0 spiro atoms. The molecule has 2 N–H and O–H groups in total. The number of hydrogen-bond acceptors (Lipinski definition) is 4. The molecule has 0 fully saturated rings. The molecule has 0 aliphatic heterocycles. The molecule has 0 aromatic heterocycles. The van der Waals surface area contributed by atoms with Crippen molar-refractivity contribution in [2.24, 2.45) is 5.92 Å². The Labute approximate surface area is 191 Å². The Morgan fingerprint density at radius 3 is 2.28 bits per heavy atom. The van der Waals surface area contributed by atoms with E-state index in [4.69, 9.17) is 10.7 Å². The number of para-hydroxylation sites is 1. The number of amides is 2. The Bertz CT molecular complexity index is 1260. The minimum atomic E-state index is -4.04. The van der Waals surface area contributed by atoms with E-state index in [-0.39, 0.29) is 22.4 Å². The van der Waals surface area contributed by atoms with E-state index in [2.05, 4.69) is 10.6 Å². The van der Waals surface area contributed by atoms with E-state index in [0.717, 1.165) is 11.1 Å². The number of carbonyl (C=O) groups is 2. The first kappa shape index (κ1) is 22.0. The minimum absolute atomic E-state index is 0.111. The molecular weight excluding hydrogens is 448 g/mol. The van der Waals surface area contributed by atoms with Crippen LogP contribution in [-0.2, 0) is 20.3 Å². The largest absolute Gasteiger partial charge is 0.344 e. The molecule has 0 bridgehead atoms. The number of anilines is 1. The van der Waals surface area contributed by atoms with Gasteiger partial charge in [-0.2, -0.15) is 0 Å². The molecular formula is C24H21ClN2O4S. The highest BCUT2D eigenvalue weighted by molar-refractivity contribution is 8.13. The van der Waals surface area contributed by atoms with Crippen molar-refractivity contribution in [3.05, 3.63) is 95.6 Å². The van der Waals surface area contributed by atoms with Gasteiger partial charge in [0.05, 0.1) is 17.6 Å². The fourth-order valence-corrected chi connectivity index (χ4v) is 5.07. The van der Waals surface area contributed by atoms with E-state index in [1.807, 2.05) is 30.3 Å². The van der Waals surface area contributed by atoms with Crippen LogP contribution in [0, 0.1) is 5.92 Å². The maximum Gasteiger partial charge on any atom is 0.263 e. The third kappa shape index (κ3) is 4.69. The number of benzene rings is 3. The highest BCUT2D eigenvalue weighted by Gasteiger charge is 2.36. The normalized spacial score (nSPS) is 17.8. The van der Waals surface area contributed by atoms with Crippen molar-refractivity contribution < 1.29 is 18.0 Å². The summed E-state index contributed by atoms with van der Waals surface area (Å²) in [4.78, 5) is 26.0. The summed E-state index contributed by atoms with van der Waals surface area (Å²) in [7, 11) is 1.49. The maximum absolute atomic E-state index is 13.3. The molecule has 1 aliphatic carbocycles. The first-order valence-electron chi connectivity index (χ1n) is 10.1. The van der Waals surface area contributed by atoms with Gasteiger partial charge in [-0.1, -0.05) is 54.6 Å². The zero-order valence-corrected chi connectivity index (χ0v) is 18.6. The van der Waals surface area contributed by atoms with Gasteiger partial charge in [0.15, 0.2) is 0 Å². The lowest BCUT2D eigenvalue weighted by Crippen LogP contribution is -2.41. The van der Waals surface area contributed by atoms with Crippen molar-refractivity contribution in [2.75, 3.05) is 5.32 Å². The summed E-state index contributed by atoms with van der Waals surface area (Å²) in [5, 5.41) is 5.72. The van der Waals surface area contributed by atoms with Crippen LogP contribution in [0.25, 0.3) is 0 Å². The van der Waals surface area contributed by atoms with E-state index >= 15 is 0 Å². The average Bonchev–Trinajstić information content (AvgIpc) is 2.79. The number of aryl methyl sites for hydroxylation is 1. The molecule has 0 radical (unpaired) electrons. The van der Waals surface area contributed by atoms with Crippen LogP contribution in [0.4, 0.5) is 5.69 Å². The Balaban J connectivity index is 1.65. The Morgan fingerprint density at radius 1 is 0.875 bits per heavy atom. The zero-order chi connectivity index (χ0) is 22.7. The van der Waals surface area contributed by atoms with E-state index < -0.39 is 21.0 Å². The van der Waals surface area contributed by atoms with Gasteiger partial charge in [0, 0.05) is 16.2 Å². The van der Waals surface area contributed by atoms with E-state index in [9.17, 15) is 18.0 Å². The van der Waals surface area contributed by atoms with Crippen molar-refractivity contribution >= 4 is 37.2 Å². The number of halogens is 1. The highest BCUT2D eigenvalue weighted by Crippen LogP contribution is 2.36. The second-order valence-electron chi connectivity index (χ2n) is 7.58. The second-order valence-corrected chi connectivity index (χ2v) is 10.1. The Kier molecular flexibility index (Phi) is 6.30. The predicted octanol–water partition coefficient (Wildman–Crippen LogP) is 4.29. The van der Waals surface area contributed by atoms with Crippen LogP contribution in [0.15, 0.2) is 83.8 Å². The topological polar surface area (TPSA) is 92.3 Å². The van der Waals surface area contributed by atoms with Gasteiger partial charge in [0.1, 0.15) is 4.90 Å². The van der Waals surface area contributed by atoms with Crippen LogP contribution < -0.4 is 10.6 Å². The number of fused-ring (bicyclic) bond motifs is 1. The van der Waals surface area contributed by atoms with Gasteiger partial charge in [0.25, 0.3) is 15.0 Å². The Hall–Kier alpha value is -3.16. The molecule has 1 aliphatic rings. The van der Waals surface area contributed by atoms with Gasteiger partial charge in [0.2, 0.25) is 5.91 Å². The second kappa shape index (κ2) is 9.14. The molecule has 3 aromatic carbocycles. The van der Waals surface area contributed by atoms with Crippen molar-refractivity contribution in [1.82, 2.24) is 5.32 Å². The number of nitrogens with one attached hydrogen (secondary N) is 2. The van der Waals surface area contributed by atoms with E-state index in [0.29, 0.717) is 18.4 Å². The van der Waals surface area contributed by atoms with Crippen molar-refractivity contribution in [2.45, 2.75) is 23.8 Å². The van der Waals surface area contributed by atoms with Gasteiger partial charge in [-0.15, -0.1) is 0 Å². The molecule has 6 nitrogen and oxygen atoms in total. The molecule has 2 unspecified atom stereocenters. The summed E-state index contributed by atoms with van der Waals surface area (Å²) in [6.07, 6.45) is 1.17. The molecule has 164 valence electrons. The smallest absolute Gasteiger partial charge is 0.263 e. The lowest BCUT2D eigenvalue weighted by molar-refractivity contribution is -0.121. The molecule has 3 aromatic rings. The third-order valence-corrected chi connectivity index (χ3v) is 6.96. The predicted molar refractivity (Wildman–Crippen MR) is 123 cm³/mol. The van der Waals surface area contributed by atoms with E-state index in [1.165, 1.54) is 18.2 Å². The molecule has 2 atom stereocenters. The molecule has 4 rings (SSSR count). The molecule has 2 amide bonds. The van der Waals surface area contributed by atoms with Crippen LogP contribution in [0.1, 0.15) is 33.9 Å². The van der Waals surface area contributed by atoms with Crippen LogP contribution >= 0.6 is 10.7 Å². The lowest BCUT2D eigenvalue weighted by Gasteiger charge is -2.33. The monoisotopic (exact) mass is 468 g/mol. The van der Waals surface area contributed by atoms with Crippen molar-refractivity contribution in [1.29, 1.82) is 0 Å². The van der Waals surface area contributed by atoms with Crippen LogP contribution in [-0.4, -0.2) is 20.2 Å². The summed E-state index contributed by atoms with van der Waals surface area (Å²) in [5.41, 5.74) is 2.55. The molecule has 8 heteroatoms. The lowest BCUT2D eigenvalue weighted by atomic mass is 9.79. The summed E-state index contributed by atoms with van der Waals surface area (Å²) in [5.74, 6) is -1.26. The fourth-order valence-electron chi connectivity index (χ4n) is 4.04. The standard InChI is InChI=1S/C24H21ClN2O4S/c25-32(30,31)21-13-7-6-12-20(21)26-24(29)19-15-14-16-8-4-5-11-18(16)22(19)27-23(28)17-9-2-1-3-10-17/h1-13,19,22H,14-15H2,(H,26,29)(H,27,28). The van der Waals surface area contributed by atoms with Crippen LogP contribution in [0.2, 0.25) is 0 Å². The molecule has 32 heavy (non-hydrogen) atoms. The summed E-state index contributed by atoms with van der Waals surface area (Å²) in [6.45, 7) is 0. The minimum Gasteiger partial charge on any atom is -0.344 e. The molecule has 0 heterocycles. The maximum atomic E-state index is 13.3. The summed E-state index contributed by atoms with van der Waals surface area (Å²) >= 11 is 0. The molecule has 0 saturated heterocycles. The van der Waals surface area contributed by atoms with E-state index in [1.54, 1.807) is 30.3 Å². The Morgan fingerprint density at radius 2 is 1.53 bits per heavy atom. The zero-order valence-electron chi connectivity index (χ0n) is 17.0. The molecule has 0 saturated carbocycles. The first-order valence-corrected chi connectivity index (χ1v) is 12.4. The van der Waals surface area contributed by atoms with Crippen molar-refractivity contribution in [3.8, 4) is 0 Å². The third-order valence-electron chi connectivity index (χ3n) is 5.58. The van der Waals surface area contributed by atoms with Gasteiger partial charge < -0.3 is 10.6 Å². The number of carbonyl (C=O) groups excluding carboxylic acids is 2. The van der Waals surface area contributed by atoms with Gasteiger partial charge >= 0.3 is 0 Å².